The van der Waals surface area contributed by atoms with Crippen LogP contribution in [0.3, 0.4) is 0 Å². The monoisotopic (exact) mass is 379 g/mol. The predicted molar refractivity (Wildman–Crippen MR) is 92.8 cm³/mol. The van der Waals surface area contributed by atoms with Crippen molar-refractivity contribution in [3.63, 3.8) is 0 Å². The minimum absolute atomic E-state index is 0.00670. The minimum Gasteiger partial charge on any atom is -0.497 e. The van der Waals surface area contributed by atoms with Gasteiger partial charge in [0.25, 0.3) is 11.1 Å². The second kappa shape index (κ2) is 6.90. The molecule has 0 bridgehead atoms. The number of alkyl halides is 3. The summed E-state index contributed by atoms with van der Waals surface area (Å²) in [4.78, 5) is 28.6. The summed E-state index contributed by atoms with van der Waals surface area (Å²) in [6.07, 6.45) is -2.86. The van der Waals surface area contributed by atoms with Crippen molar-refractivity contribution in [2.24, 2.45) is 0 Å². The summed E-state index contributed by atoms with van der Waals surface area (Å²) in [7, 11) is 1.51. The van der Waals surface area contributed by atoms with E-state index in [2.05, 4.69) is 4.98 Å². The van der Waals surface area contributed by atoms with Gasteiger partial charge >= 0.3 is 6.18 Å². The van der Waals surface area contributed by atoms with Crippen LogP contribution in [0.4, 0.5) is 13.2 Å². The Labute approximate surface area is 151 Å². The van der Waals surface area contributed by atoms with Crippen LogP contribution in [0, 0.1) is 0 Å². The number of nitrogens with zero attached hydrogens (tertiary/aromatic N) is 3. The van der Waals surface area contributed by atoms with E-state index in [0.717, 1.165) is 8.97 Å². The molecule has 0 aliphatic carbocycles. The topological polar surface area (TPSA) is 65.6 Å². The molecule has 3 rings (SSSR count). The van der Waals surface area contributed by atoms with Crippen LogP contribution in [0.25, 0.3) is 11.9 Å². The molecule has 0 saturated heterocycles. The lowest BCUT2D eigenvalue weighted by molar-refractivity contribution is -0.141. The molecule has 0 spiro atoms. The number of hydrogen-bond acceptors (Lipinski definition) is 4. The Morgan fingerprint density at radius 3 is 2.41 bits per heavy atom. The standard InChI is InChI=1S/C18H16F3N3O3/c1-3-4-13-16(26)23(10-11-5-7-12(27-2)8-6-11)17-22-14(18(19,20)21)9-15(25)24(13)17/h4-9H,3,10H2,1-2H3. The van der Waals surface area contributed by atoms with Crippen LogP contribution in [0.5, 0.6) is 5.75 Å². The molecule has 142 valence electrons. The number of ether oxygens (including phenoxy) is 1. The third-order valence-electron chi connectivity index (χ3n) is 4.04. The lowest BCUT2D eigenvalue weighted by Gasteiger charge is -2.08. The molecule has 2 heterocycles. The number of methoxy groups -OCH3 is 1. The van der Waals surface area contributed by atoms with Gasteiger partial charge in [0.15, 0.2) is 5.69 Å². The Morgan fingerprint density at radius 1 is 1.19 bits per heavy atom. The van der Waals surface area contributed by atoms with Gasteiger partial charge in [0.05, 0.1) is 13.7 Å². The maximum absolute atomic E-state index is 13.1. The van der Waals surface area contributed by atoms with Crippen molar-refractivity contribution >= 4 is 11.9 Å². The van der Waals surface area contributed by atoms with Crippen molar-refractivity contribution in [2.45, 2.75) is 26.1 Å². The highest BCUT2D eigenvalue weighted by Crippen LogP contribution is 2.26. The van der Waals surface area contributed by atoms with E-state index in [9.17, 15) is 22.8 Å². The number of hydrogen-bond donors (Lipinski definition) is 0. The summed E-state index contributed by atoms with van der Waals surface area (Å²) in [6.45, 7) is 1.73. The quantitative estimate of drug-likeness (QED) is 0.694. The fourth-order valence-corrected chi connectivity index (χ4v) is 2.78. The first-order chi connectivity index (χ1) is 12.8. The van der Waals surface area contributed by atoms with Gasteiger partial charge < -0.3 is 4.74 Å². The molecule has 0 saturated carbocycles. The molecule has 6 nitrogen and oxygen atoms in total. The molecule has 0 radical (unpaired) electrons. The highest BCUT2D eigenvalue weighted by Gasteiger charge is 2.34. The fourth-order valence-electron chi connectivity index (χ4n) is 2.78. The lowest BCUT2D eigenvalue weighted by Crippen LogP contribution is -2.34. The van der Waals surface area contributed by atoms with E-state index in [4.69, 9.17) is 4.74 Å². The molecule has 0 atom stereocenters. The van der Waals surface area contributed by atoms with Gasteiger partial charge in [-0.3, -0.25) is 14.2 Å². The van der Waals surface area contributed by atoms with Crippen LogP contribution in [-0.4, -0.2) is 21.1 Å². The smallest absolute Gasteiger partial charge is 0.433 e. The van der Waals surface area contributed by atoms with E-state index in [0.29, 0.717) is 23.8 Å². The Morgan fingerprint density at radius 2 is 1.85 bits per heavy atom. The van der Waals surface area contributed by atoms with E-state index in [1.165, 1.54) is 13.2 Å². The molecule has 9 heteroatoms. The third kappa shape index (κ3) is 3.44. The summed E-state index contributed by atoms with van der Waals surface area (Å²) >= 11 is 0. The van der Waals surface area contributed by atoms with Crippen LogP contribution in [0.15, 0.2) is 39.9 Å². The maximum atomic E-state index is 13.1. The molecule has 3 aromatic rings. The van der Waals surface area contributed by atoms with E-state index in [1.807, 2.05) is 0 Å². The molecular formula is C18H16F3N3O3. The molecule has 0 N–H and O–H groups in total. The van der Waals surface area contributed by atoms with Crippen molar-refractivity contribution in [2.75, 3.05) is 7.11 Å². The Balaban J connectivity index is 2.28. The third-order valence-corrected chi connectivity index (χ3v) is 4.04. The molecule has 27 heavy (non-hydrogen) atoms. The van der Waals surface area contributed by atoms with E-state index in [-0.39, 0.29) is 17.7 Å². The van der Waals surface area contributed by atoms with Gasteiger partial charge in [-0.1, -0.05) is 25.1 Å². The van der Waals surface area contributed by atoms with Gasteiger partial charge in [0.2, 0.25) is 5.78 Å². The summed E-state index contributed by atoms with van der Waals surface area (Å²) < 4.78 is 46.3. The number of imidazole rings is 1. The highest BCUT2D eigenvalue weighted by molar-refractivity contribution is 5.37. The average molecular weight is 379 g/mol. The molecule has 0 unspecified atom stereocenters. The minimum atomic E-state index is -4.79. The summed E-state index contributed by atoms with van der Waals surface area (Å²) in [5.41, 5.74) is -2.20. The summed E-state index contributed by atoms with van der Waals surface area (Å²) in [6, 6.07) is 7.11. The number of halogens is 3. The van der Waals surface area contributed by atoms with Gasteiger partial charge in [-0.05, 0) is 24.1 Å². The first-order valence-electron chi connectivity index (χ1n) is 8.13. The largest absolute Gasteiger partial charge is 0.497 e. The zero-order chi connectivity index (χ0) is 19.8. The van der Waals surface area contributed by atoms with Crippen LogP contribution >= 0.6 is 0 Å². The van der Waals surface area contributed by atoms with Crippen LogP contribution in [0.1, 0.15) is 24.6 Å². The van der Waals surface area contributed by atoms with Crippen LogP contribution < -0.4 is 21.2 Å². The highest BCUT2D eigenvalue weighted by atomic mass is 19.4. The zero-order valence-corrected chi connectivity index (χ0v) is 14.6. The van der Waals surface area contributed by atoms with Crippen molar-refractivity contribution in [1.82, 2.24) is 14.0 Å². The lowest BCUT2D eigenvalue weighted by atomic mass is 10.2. The van der Waals surface area contributed by atoms with E-state index in [1.54, 1.807) is 31.2 Å². The molecule has 2 aromatic heterocycles. The second-order valence-corrected chi connectivity index (χ2v) is 5.85. The van der Waals surface area contributed by atoms with Gasteiger partial charge in [0.1, 0.15) is 11.1 Å². The summed E-state index contributed by atoms with van der Waals surface area (Å²) in [5.74, 6) is 0.266. The molecule has 0 aliphatic heterocycles. The first kappa shape index (κ1) is 18.7. The molecule has 1 aromatic carbocycles. The van der Waals surface area contributed by atoms with Crippen molar-refractivity contribution in [1.29, 1.82) is 0 Å². The van der Waals surface area contributed by atoms with Crippen molar-refractivity contribution < 1.29 is 17.9 Å². The number of rotatable bonds is 4. The SMILES string of the molecule is CCC=c1c(=O)n(Cc2ccc(OC)cc2)c2nc(C(F)(F)F)cc(=O)n12. The zero-order valence-electron chi connectivity index (χ0n) is 14.6. The van der Waals surface area contributed by atoms with Crippen LogP contribution in [-0.2, 0) is 12.7 Å². The predicted octanol–water partition coefficient (Wildman–Crippen LogP) is 1.84. The Kier molecular flexibility index (Phi) is 4.77. The normalized spacial score (nSPS) is 12.7. The fraction of sp³-hybridized carbons (Fsp3) is 0.278. The second-order valence-electron chi connectivity index (χ2n) is 5.85. The molecule has 0 fully saturated rings. The number of benzene rings is 1. The van der Waals surface area contributed by atoms with Crippen molar-refractivity contribution in [3.05, 3.63) is 67.6 Å². The van der Waals surface area contributed by atoms with Gasteiger partial charge in [0, 0.05) is 6.07 Å². The molecular weight excluding hydrogens is 363 g/mol. The number of aromatic nitrogens is 3. The maximum Gasteiger partial charge on any atom is 0.433 e. The Bertz CT molecular complexity index is 1150. The van der Waals surface area contributed by atoms with Gasteiger partial charge in [-0.2, -0.15) is 13.2 Å². The van der Waals surface area contributed by atoms with Gasteiger partial charge in [-0.25, -0.2) is 9.38 Å². The van der Waals surface area contributed by atoms with Crippen molar-refractivity contribution in [3.8, 4) is 5.75 Å². The molecule has 0 amide bonds. The average Bonchev–Trinajstić information content (AvgIpc) is 2.88. The van der Waals surface area contributed by atoms with Crippen LogP contribution in [0.2, 0.25) is 0 Å². The summed E-state index contributed by atoms with van der Waals surface area (Å²) in [5, 5.41) is 0.00670. The van der Waals surface area contributed by atoms with E-state index < -0.39 is 23.0 Å². The molecule has 0 aliphatic rings. The number of fused-ring (bicyclic) bond motifs is 1. The van der Waals surface area contributed by atoms with E-state index >= 15 is 0 Å². The van der Waals surface area contributed by atoms with Gasteiger partial charge in [-0.15, -0.1) is 0 Å². The first-order valence-corrected chi connectivity index (χ1v) is 8.13. The Hall–Kier alpha value is -3.10.